The monoisotopic (exact) mass is 429 g/mol. The summed E-state index contributed by atoms with van der Waals surface area (Å²) in [7, 11) is 0. The number of Topliss-reactive ketones (excluding diaryl/α,β-unsaturated/α-hetero) is 1. The summed E-state index contributed by atoms with van der Waals surface area (Å²) in [6.07, 6.45) is 0.259. The van der Waals surface area contributed by atoms with Crippen molar-refractivity contribution < 1.29 is 23.9 Å². The molecule has 0 fully saturated rings. The zero-order valence-corrected chi connectivity index (χ0v) is 18.0. The molecule has 0 saturated carbocycles. The summed E-state index contributed by atoms with van der Waals surface area (Å²) in [4.78, 5) is 51.4. The Morgan fingerprint density at radius 1 is 0.906 bits per heavy atom. The van der Waals surface area contributed by atoms with Gasteiger partial charge >= 0.3 is 5.97 Å². The molecule has 0 bridgehead atoms. The van der Waals surface area contributed by atoms with Crippen LogP contribution in [0.5, 0.6) is 0 Å². The normalized spacial score (nSPS) is 12.9. The Labute approximate surface area is 185 Å². The molecular formula is C26H23NO5. The number of ether oxygens (including phenoxy) is 1. The molecule has 6 heteroatoms. The van der Waals surface area contributed by atoms with Gasteiger partial charge in [0.15, 0.2) is 6.61 Å². The fourth-order valence-electron chi connectivity index (χ4n) is 4.00. The van der Waals surface area contributed by atoms with Crippen molar-refractivity contribution in [3.8, 4) is 0 Å². The second-order valence-corrected chi connectivity index (χ2v) is 7.98. The van der Waals surface area contributed by atoms with Crippen molar-refractivity contribution in [1.82, 2.24) is 4.90 Å². The van der Waals surface area contributed by atoms with Crippen LogP contribution >= 0.6 is 0 Å². The first kappa shape index (κ1) is 21.4. The van der Waals surface area contributed by atoms with Crippen LogP contribution in [0.3, 0.4) is 0 Å². The Hall–Kier alpha value is -3.80. The molecule has 0 N–H and O–H groups in total. The van der Waals surface area contributed by atoms with Crippen LogP contribution in [0.25, 0.3) is 10.8 Å². The summed E-state index contributed by atoms with van der Waals surface area (Å²) >= 11 is 0. The van der Waals surface area contributed by atoms with Crippen LogP contribution in [0.4, 0.5) is 0 Å². The molecule has 0 spiro atoms. The number of nitrogens with zero attached hydrogens (tertiary/aromatic N) is 1. The van der Waals surface area contributed by atoms with Crippen molar-refractivity contribution in [2.45, 2.75) is 26.7 Å². The summed E-state index contributed by atoms with van der Waals surface area (Å²) in [6, 6.07) is 16.3. The molecule has 6 nitrogen and oxygen atoms in total. The highest BCUT2D eigenvalue weighted by Crippen LogP contribution is 2.30. The van der Waals surface area contributed by atoms with Crippen LogP contribution in [0.1, 0.15) is 55.0 Å². The highest BCUT2D eigenvalue weighted by Gasteiger charge is 2.32. The Kier molecular flexibility index (Phi) is 5.86. The molecule has 3 aromatic rings. The topological polar surface area (TPSA) is 80.8 Å². The van der Waals surface area contributed by atoms with E-state index in [2.05, 4.69) is 0 Å². The lowest BCUT2D eigenvalue weighted by Gasteiger charge is -2.27. The quantitative estimate of drug-likeness (QED) is 0.318. The Bertz CT molecular complexity index is 1210. The summed E-state index contributed by atoms with van der Waals surface area (Å²) in [5.74, 6) is -1.52. The van der Waals surface area contributed by atoms with Crippen molar-refractivity contribution in [1.29, 1.82) is 0 Å². The average molecular weight is 429 g/mol. The molecular weight excluding hydrogens is 406 g/mol. The van der Waals surface area contributed by atoms with Crippen molar-refractivity contribution in [2.75, 3.05) is 13.2 Å². The molecule has 0 unspecified atom stereocenters. The maximum atomic E-state index is 12.9. The zero-order chi connectivity index (χ0) is 22.8. The summed E-state index contributed by atoms with van der Waals surface area (Å²) in [6.45, 7) is 3.49. The van der Waals surface area contributed by atoms with Crippen molar-refractivity contribution in [2.24, 2.45) is 0 Å². The number of amides is 2. The van der Waals surface area contributed by atoms with E-state index in [-0.39, 0.29) is 43.6 Å². The van der Waals surface area contributed by atoms with E-state index in [9.17, 15) is 19.2 Å². The lowest BCUT2D eigenvalue weighted by Crippen LogP contribution is -2.41. The van der Waals surface area contributed by atoms with Crippen LogP contribution < -0.4 is 0 Å². The lowest BCUT2D eigenvalue weighted by atomic mass is 9.94. The maximum absolute atomic E-state index is 12.9. The van der Waals surface area contributed by atoms with E-state index in [1.54, 1.807) is 30.3 Å². The fourth-order valence-corrected chi connectivity index (χ4v) is 4.00. The predicted octanol–water partition coefficient (Wildman–Crippen LogP) is 4.26. The second-order valence-electron chi connectivity index (χ2n) is 7.98. The van der Waals surface area contributed by atoms with E-state index in [4.69, 9.17) is 4.74 Å². The molecule has 2 amide bonds. The number of aryl methyl sites for hydroxylation is 2. The number of hydrogen-bond donors (Lipinski definition) is 0. The van der Waals surface area contributed by atoms with E-state index in [0.717, 1.165) is 16.5 Å². The molecule has 162 valence electrons. The smallest absolute Gasteiger partial charge is 0.306 e. The number of hydrogen-bond acceptors (Lipinski definition) is 5. The van der Waals surface area contributed by atoms with Gasteiger partial charge in [-0.1, -0.05) is 42.0 Å². The number of imide groups is 1. The highest BCUT2D eigenvalue weighted by molar-refractivity contribution is 6.25. The molecule has 0 aliphatic carbocycles. The van der Waals surface area contributed by atoms with Crippen molar-refractivity contribution in [3.63, 3.8) is 0 Å². The van der Waals surface area contributed by atoms with Gasteiger partial charge in [0.1, 0.15) is 0 Å². The number of carbonyl (C=O) groups excluding carboxylic acids is 4. The van der Waals surface area contributed by atoms with Gasteiger partial charge in [0.25, 0.3) is 11.8 Å². The Morgan fingerprint density at radius 3 is 2.22 bits per heavy atom. The Morgan fingerprint density at radius 2 is 1.56 bits per heavy atom. The SMILES string of the molecule is Cc1ccc(C)c(C(=O)COC(=O)CCCN2C(=O)c3cccc4cccc(c34)C2=O)c1. The van der Waals surface area contributed by atoms with Gasteiger partial charge in [0.05, 0.1) is 0 Å². The third kappa shape index (κ3) is 4.04. The van der Waals surface area contributed by atoms with Gasteiger partial charge in [-0.2, -0.15) is 0 Å². The van der Waals surface area contributed by atoms with Gasteiger partial charge in [-0.25, -0.2) is 0 Å². The first-order valence-corrected chi connectivity index (χ1v) is 10.5. The minimum Gasteiger partial charge on any atom is -0.457 e. The lowest BCUT2D eigenvalue weighted by molar-refractivity contribution is -0.142. The van der Waals surface area contributed by atoms with Gasteiger partial charge in [-0.3, -0.25) is 24.1 Å². The maximum Gasteiger partial charge on any atom is 0.306 e. The van der Waals surface area contributed by atoms with Crippen LogP contribution in [-0.2, 0) is 9.53 Å². The standard InChI is InChI=1S/C26H23NO5/c1-16-11-12-17(2)21(14-16)22(28)15-32-23(29)10-5-13-27-25(30)19-8-3-6-18-7-4-9-20(24(18)19)26(27)31/h3-4,6-9,11-12,14H,5,10,13,15H2,1-2H3. The summed E-state index contributed by atoms with van der Waals surface area (Å²) in [5, 5.41) is 1.52. The van der Waals surface area contributed by atoms with Gasteiger partial charge in [0, 0.05) is 35.0 Å². The molecule has 1 heterocycles. The van der Waals surface area contributed by atoms with Crippen molar-refractivity contribution in [3.05, 3.63) is 82.4 Å². The number of esters is 1. The first-order valence-electron chi connectivity index (χ1n) is 10.5. The third-order valence-electron chi connectivity index (χ3n) is 5.68. The van der Waals surface area contributed by atoms with Gasteiger partial charge in [0.2, 0.25) is 5.78 Å². The number of carbonyl (C=O) groups is 4. The largest absolute Gasteiger partial charge is 0.457 e. The minimum absolute atomic E-state index is 0.00296. The fraction of sp³-hybridized carbons (Fsp3) is 0.231. The Balaban J connectivity index is 1.34. The molecule has 0 radical (unpaired) electrons. The van der Waals surface area contributed by atoms with Crippen LogP contribution in [0.15, 0.2) is 54.6 Å². The number of rotatable bonds is 7. The zero-order valence-electron chi connectivity index (χ0n) is 18.0. The van der Waals surface area contributed by atoms with E-state index in [0.29, 0.717) is 22.1 Å². The predicted molar refractivity (Wildman–Crippen MR) is 120 cm³/mol. The van der Waals surface area contributed by atoms with Crippen LogP contribution in [0.2, 0.25) is 0 Å². The third-order valence-corrected chi connectivity index (χ3v) is 5.68. The molecule has 0 saturated heterocycles. The average Bonchev–Trinajstić information content (AvgIpc) is 2.79. The van der Waals surface area contributed by atoms with Gasteiger partial charge in [-0.15, -0.1) is 0 Å². The summed E-state index contributed by atoms with van der Waals surface area (Å²) < 4.78 is 5.12. The van der Waals surface area contributed by atoms with E-state index in [1.165, 1.54) is 4.90 Å². The molecule has 0 aromatic heterocycles. The summed E-state index contributed by atoms with van der Waals surface area (Å²) in [5.41, 5.74) is 3.29. The molecule has 1 aliphatic heterocycles. The van der Waals surface area contributed by atoms with E-state index >= 15 is 0 Å². The van der Waals surface area contributed by atoms with Crippen LogP contribution in [0, 0.1) is 13.8 Å². The molecule has 32 heavy (non-hydrogen) atoms. The van der Waals surface area contributed by atoms with Crippen LogP contribution in [-0.4, -0.2) is 41.6 Å². The minimum atomic E-state index is -0.539. The second kappa shape index (κ2) is 8.75. The molecule has 1 aliphatic rings. The number of ketones is 1. The van der Waals surface area contributed by atoms with Gasteiger partial charge in [-0.05, 0) is 49.4 Å². The van der Waals surface area contributed by atoms with E-state index in [1.807, 2.05) is 38.1 Å². The highest BCUT2D eigenvalue weighted by atomic mass is 16.5. The van der Waals surface area contributed by atoms with E-state index < -0.39 is 5.97 Å². The molecule has 4 rings (SSSR count). The molecule has 0 atom stereocenters. The number of benzene rings is 3. The first-order chi connectivity index (χ1) is 15.4. The van der Waals surface area contributed by atoms with Crippen molar-refractivity contribution >= 4 is 34.3 Å². The molecule has 3 aromatic carbocycles. The van der Waals surface area contributed by atoms with Gasteiger partial charge < -0.3 is 4.74 Å².